The molecule has 0 fully saturated rings. The molecule has 2 unspecified atom stereocenters. The number of halogens is 2. The van der Waals surface area contributed by atoms with E-state index < -0.39 is 21.8 Å². The van der Waals surface area contributed by atoms with Gasteiger partial charge in [0.15, 0.2) is 10.8 Å². The van der Waals surface area contributed by atoms with Crippen molar-refractivity contribution in [3.05, 3.63) is 58.7 Å². The molecule has 0 saturated carbocycles. The summed E-state index contributed by atoms with van der Waals surface area (Å²) in [6.07, 6.45) is 5.43. The molecule has 1 amide bonds. The molecule has 0 spiro atoms. The third-order valence-electron chi connectivity index (χ3n) is 5.08. The van der Waals surface area contributed by atoms with Gasteiger partial charge in [0.05, 0.1) is 23.2 Å². The van der Waals surface area contributed by atoms with Crippen LogP contribution >= 0.6 is 23.2 Å². The van der Waals surface area contributed by atoms with Crippen LogP contribution in [-0.4, -0.2) is 45.2 Å². The Labute approximate surface area is 183 Å². The molecule has 156 valence electrons. The van der Waals surface area contributed by atoms with Crippen molar-refractivity contribution in [1.82, 2.24) is 23.8 Å². The molecule has 1 aliphatic carbocycles. The van der Waals surface area contributed by atoms with Gasteiger partial charge in [-0.3, -0.25) is 4.79 Å². The smallest absolute Gasteiger partial charge is 0.266 e. The van der Waals surface area contributed by atoms with Crippen molar-refractivity contribution >= 4 is 50.3 Å². The Hall–Kier alpha value is -2.49. The molecule has 11 heteroatoms. The Morgan fingerprint density at radius 1 is 1.17 bits per heavy atom. The summed E-state index contributed by atoms with van der Waals surface area (Å²) in [6, 6.07) is 6.12. The number of allylic oxidation sites excluding steroid dienone is 1. The van der Waals surface area contributed by atoms with Crippen molar-refractivity contribution in [1.29, 1.82) is 0 Å². The number of carbonyl (C=O) groups is 1. The van der Waals surface area contributed by atoms with Gasteiger partial charge in [0.25, 0.3) is 10.0 Å². The van der Waals surface area contributed by atoms with E-state index in [4.69, 9.17) is 23.2 Å². The third kappa shape index (κ3) is 3.57. The summed E-state index contributed by atoms with van der Waals surface area (Å²) in [5.74, 6) is -1.12. The molecule has 8 nitrogen and oxygen atoms in total. The Kier molecular flexibility index (Phi) is 5.29. The molecule has 0 radical (unpaired) electrons. The number of hydrogen-bond donors (Lipinski definition) is 0. The number of sulfonamides is 1. The normalized spacial score (nSPS) is 18.8. The molecular formula is C19H17Cl2N5O3S. The van der Waals surface area contributed by atoms with E-state index in [1.807, 2.05) is 13.0 Å². The summed E-state index contributed by atoms with van der Waals surface area (Å²) in [7, 11) is -2.66. The van der Waals surface area contributed by atoms with Gasteiger partial charge < -0.3 is 4.57 Å². The molecule has 0 bridgehead atoms. The highest BCUT2D eigenvalue weighted by Gasteiger charge is 2.34. The fraction of sp³-hybridized carbons (Fsp3) is 0.263. The van der Waals surface area contributed by atoms with E-state index in [0.29, 0.717) is 17.6 Å². The predicted octanol–water partition coefficient (Wildman–Crippen LogP) is 3.41. The van der Waals surface area contributed by atoms with Crippen LogP contribution in [0.15, 0.2) is 47.6 Å². The number of carbonyl (C=O) groups excluding carboxylic acids is 1. The fourth-order valence-electron chi connectivity index (χ4n) is 3.39. The first-order chi connectivity index (χ1) is 14.2. The lowest BCUT2D eigenvalue weighted by Gasteiger charge is -2.21. The van der Waals surface area contributed by atoms with Gasteiger partial charge in [-0.15, -0.1) is 0 Å². The minimum Gasteiger partial charge on any atom is -0.308 e. The highest BCUT2D eigenvalue weighted by atomic mass is 35.5. The zero-order chi connectivity index (χ0) is 21.6. The molecule has 0 saturated heterocycles. The number of nitrogens with zero attached hydrogens (tertiary/aromatic N) is 5. The van der Waals surface area contributed by atoms with Crippen molar-refractivity contribution < 1.29 is 13.2 Å². The van der Waals surface area contributed by atoms with Crippen molar-refractivity contribution in [3.8, 4) is 0 Å². The summed E-state index contributed by atoms with van der Waals surface area (Å²) in [6.45, 7) is 1.86. The van der Waals surface area contributed by atoms with Gasteiger partial charge in [-0.2, -0.15) is 4.98 Å². The first-order valence-corrected chi connectivity index (χ1v) is 11.2. The first kappa shape index (κ1) is 20.8. The standard InChI is InChI=1S/C19H17Cl2N5O3S/c1-11-3-7-14(8-4-11)30(28,29)25(2)18(27)12-5-6-13(9-12)26-10-22-15-16(20)23-19(21)24-17(15)26/h3-8,10,12-13H,9H2,1-2H3. The molecular weight excluding hydrogens is 449 g/mol. The number of benzene rings is 1. The molecule has 4 rings (SSSR count). The highest BCUT2D eigenvalue weighted by Crippen LogP contribution is 2.33. The lowest BCUT2D eigenvalue weighted by Crippen LogP contribution is -2.37. The van der Waals surface area contributed by atoms with Gasteiger partial charge in [0.2, 0.25) is 11.2 Å². The number of aryl methyl sites for hydroxylation is 1. The SMILES string of the molecule is Cc1ccc(S(=O)(=O)N(C)C(=O)C2C=CC(n3cnc4c(Cl)nc(Cl)nc43)C2)cc1. The Morgan fingerprint density at radius 2 is 1.87 bits per heavy atom. The molecule has 2 aromatic heterocycles. The number of fused-ring (bicyclic) bond motifs is 1. The number of aromatic nitrogens is 4. The van der Waals surface area contributed by atoms with Crippen LogP contribution in [0, 0.1) is 12.8 Å². The number of rotatable bonds is 4. The Morgan fingerprint density at radius 3 is 2.57 bits per heavy atom. The minimum atomic E-state index is -3.93. The van der Waals surface area contributed by atoms with Crippen LogP contribution in [0.2, 0.25) is 10.4 Å². The van der Waals surface area contributed by atoms with E-state index in [1.165, 1.54) is 19.2 Å². The summed E-state index contributed by atoms with van der Waals surface area (Å²) in [5.41, 5.74) is 1.78. The van der Waals surface area contributed by atoms with Gasteiger partial charge in [0.1, 0.15) is 5.52 Å². The minimum absolute atomic E-state index is 0.00669. The third-order valence-corrected chi connectivity index (χ3v) is 7.28. The van der Waals surface area contributed by atoms with E-state index in [9.17, 15) is 13.2 Å². The van der Waals surface area contributed by atoms with Crippen LogP contribution in [0.1, 0.15) is 18.0 Å². The largest absolute Gasteiger partial charge is 0.308 e. The molecule has 2 heterocycles. The second kappa shape index (κ2) is 7.64. The Bertz CT molecular complexity index is 1270. The van der Waals surface area contributed by atoms with Gasteiger partial charge in [0, 0.05) is 7.05 Å². The lowest BCUT2D eigenvalue weighted by molar-refractivity contribution is -0.128. The van der Waals surface area contributed by atoms with Crippen molar-refractivity contribution in [2.75, 3.05) is 7.05 Å². The maximum atomic E-state index is 12.9. The van der Waals surface area contributed by atoms with Crippen LogP contribution < -0.4 is 0 Å². The number of imidazole rings is 1. The monoisotopic (exact) mass is 465 g/mol. The summed E-state index contributed by atoms with van der Waals surface area (Å²) < 4.78 is 28.2. The van der Waals surface area contributed by atoms with Crippen LogP contribution in [0.5, 0.6) is 0 Å². The quantitative estimate of drug-likeness (QED) is 0.332. The van der Waals surface area contributed by atoms with Gasteiger partial charge >= 0.3 is 0 Å². The number of hydrogen-bond acceptors (Lipinski definition) is 6. The van der Waals surface area contributed by atoms with E-state index in [2.05, 4.69) is 15.0 Å². The lowest BCUT2D eigenvalue weighted by atomic mass is 10.1. The topological polar surface area (TPSA) is 98.1 Å². The van der Waals surface area contributed by atoms with Crippen LogP contribution in [-0.2, 0) is 14.8 Å². The van der Waals surface area contributed by atoms with E-state index in [0.717, 1.165) is 9.87 Å². The second-order valence-corrected chi connectivity index (χ2v) is 9.69. The molecule has 0 aliphatic heterocycles. The van der Waals surface area contributed by atoms with Crippen LogP contribution in [0.3, 0.4) is 0 Å². The first-order valence-electron chi connectivity index (χ1n) is 9.02. The molecule has 2 atom stereocenters. The van der Waals surface area contributed by atoms with Gasteiger partial charge in [-0.25, -0.2) is 22.7 Å². The fourth-order valence-corrected chi connectivity index (χ4v) is 4.98. The zero-order valence-corrected chi connectivity index (χ0v) is 18.4. The zero-order valence-electron chi connectivity index (χ0n) is 16.0. The summed E-state index contributed by atoms with van der Waals surface area (Å²) >= 11 is 12.0. The maximum absolute atomic E-state index is 12.9. The van der Waals surface area contributed by atoms with E-state index >= 15 is 0 Å². The van der Waals surface area contributed by atoms with Crippen molar-refractivity contribution in [2.45, 2.75) is 24.3 Å². The van der Waals surface area contributed by atoms with Crippen LogP contribution in [0.25, 0.3) is 11.2 Å². The van der Waals surface area contributed by atoms with Crippen molar-refractivity contribution in [3.63, 3.8) is 0 Å². The van der Waals surface area contributed by atoms with Crippen LogP contribution in [0.4, 0.5) is 0 Å². The molecule has 3 aromatic rings. The summed E-state index contributed by atoms with van der Waals surface area (Å²) in [5, 5.41) is 0.134. The van der Waals surface area contributed by atoms with Gasteiger partial charge in [-0.05, 0) is 37.1 Å². The highest BCUT2D eigenvalue weighted by molar-refractivity contribution is 7.89. The summed E-state index contributed by atoms with van der Waals surface area (Å²) in [4.78, 5) is 25.3. The molecule has 1 aliphatic rings. The Balaban J connectivity index is 1.55. The molecule has 1 aromatic carbocycles. The van der Waals surface area contributed by atoms with E-state index in [1.54, 1.807) is 29.1 Å². The maximum Gasteiger partial charge on any atom is 0.266 e. The second-order valence-electron chi connectivity index (χ2n) is 7.03. The molecule has 0 N–H and O–H groups in total. The van der Waals surface area contributed by atoms with E-state index in [-0.39, 0.29) is 21.4 Å². The van der Waals surface area contributed by atoms with Gasteiger partial charge in [-0.1, -0.05) is 41.4 Å². The van der Waals surface area contributed by atoms with Crippen molar-refractivity contribution in [2.24, 2.45) is 5.92 Å². The molecule has 30 heavy (non-hydrogen) atoms. The average Bonchev–Trinajstić information content (AvgIpc) is 3.34. The number of amides is 1. The average molecular weight is 466 g/mol. The predicted molar refractivity (Wildman–Crippen MR) is 113 cm³/mol.